The molecule has 3 nitrogen and oxygen atoms in total. The van der Waals surface area contributed by atoms with E-state index in [0.717, 1.165) is 36.6 Å². The van der Waals surface area contributed by atoms with Crippen LogP contribution in [-0.4, -0.2) is 11.7 Å². The zero-order valence-electron chi connectivity index (χ0n) is 11.1. The number of aromatic hydroxyl groups is 1. The van der Waals surface area contributed by atoms with Crippen LogP contribution in [0, 0.1) is 0 Å². The largest absolute Gasteiger partial charge is 0.508 e. The maximum atomic E-state index is 9.21. The number of hydrogen-bond acceptors (Lipinski definition) is 3. The second kappa shape index (κ2) is 6.69. The molecule has 0 saturated carbocycles. The van der Waals surface area contributed by atoms with Gasteiger partial charge in [0, 0.05) is 12.2 Å². The molecule has 0 unspecified atom stereocenters. The Hall–Kier alpha value is -2.16. The SMILES string of the molecule is CCCOc1ccc(NCc2ccc(O)cc2)cc1. The second-order valence-corrected chi connectivity index (χ2v) is 4.39. The van der Waals surface area contributed by atoms with Crippen molar-refractivity contribution >= 4 is 5.69 Å². The standard InChI is InChI=1S/C16H19NO2/c1-2-11-19-16-9-5-14(6-10-16)17-12-13-3-7-15(18)8-4-13/h3-10,17-18H,2,11-12H2,1H3. The van der Waals surface area contributed by atoms with Crippen molar-refractivity contribution in [2.75, 3.05) is 11.9 Å². The highest BCUT2D eigenvalue weighted by Gasteiger charge is 1.96. The van der Waals surface area contributed by atoms with E-state index in [1.54, 1.807) is 12.1 Å². The minimum atomic E-state index is 0.293. The summed E-state index contributed by atoms with van der Waals surface area (Å²) in [6.07, 6.45) is 1.01. The Bertz CT molecular complexity index is 491. The van der Waals surface area contributed by atoms with Crippen molar-refractivity contribution in [3.8, 4) is 11.5 Å². The lowest BCUT2D eigenvalue weighted by molar-refractivity contribution is 0.317. The molecule has 2 aromatic rings. The van der Waals surface area contributed by atoms with Crippen LogP contribution >= 0.6 is 0 Å². The van der Waals surface area contributed by atoms with E-state index in [1.807, 2.05) is 36.4 Å². The highest BCUT2D eigenvalue weighted by atomic mass is 16.5. The number of rotatable bonds is 6. The van der Waals surface area contributed by atoms with Gasteiger partial charge in [0.2, 0.25) is 0 Å². The molecule has 0 fully saturated rings. The normalized spacial score (nSPS) is 10.2. The minimum absolute atomic E-state index is 0.293. The summed E-state index contributed by atoms with van der Waals surface area (Å²) in [6, 6.07) is 15.1. The number of phenols is 1. The first-order valence-corrected chi connectivity index (χ1v) is 6.52. The van der Waals surface area contributed by atoms with Crippen LogP contribution in [-0.2, 0) is 6.54 Å². The van der Waals surface area contributed by atoms with Crippen LogP contribution < -0.4 is 10.1 Å². The number of benzene rings is 2. The van der Waals surface area contributed by atoms with Crippen molar-refractivity contribution in [1.29, 1.82) is 0 Å². The Morgan fingerprint density at radius 2 is 1.68 bits per heavy atom. The molecule has 0 aliphatic rings. The van der Waals surface area contributed by atoms with E-state index in [2.05, 4.69) is 12.2 Å². The third-order valence-corrected chi connectivity index (χ3v) is 2.76. The van der Waals surface area contributed by atoms with Crippen LogP contribution in [0.3, 0.4) is 0 Å². The molecule has 0 saturated heterocycles. The van der Waals surface area contributed by atoms with E-state index < -0.39 is 0 Å². The van der Waals surface area contributed by atoms with Crippen LogP contribution in [0.5, 0.6) is 11.5 Å². The number of phenolic OH excluding ortho intramolecular Hbond substituents is 1. The predicted octanol–water partition coefficient (Wildman–Crippen LogP) is 3.79. The molecule has 3 heteroatoms. The lowest BCUT2D eigenvalue weighted by atomic mass is 10.2. The summed E-state index contributed by atoms with van der Waals surface area (Å²) in [6.45, 7) is 3.57. The van der Waals surface area contributed by atoms with Crippen molar-refractivity contribution in [1.82, 2.24) is 0 Å². The van der Waals surface area contributed by atoms with Gasteiger partial charge in [-0.15, -0.1) is 0 Å². The van der Waals surface area contributed by atoms with E-state index in [4.69, 9.17) is 4.74 Å². The summed E-state index contributed by atoms with van der Waals surface area (Å²) >= 11 is 0. The molecule has 0 aromatic heterocycles. The lowest BCUT2D eigenvalue weighted by Gasteiger charge is -2.08. The van der Waals surface area contributed by atoms with Crippen molar-refractivity contribution in [3.63, 3.8) is 0 Å². The molecule has 100 valence electrons. The smallest absolute Gasteiger partial charge is 0.119 e. The van der Waals surface area contributed by atoms with E-state index >= 15 is 0 Å². The fraction of sp³-hybridized carbons (Fsp3) is 0.250. The van der Waals surface area contributed by atoms with Gasteiger partial charge in [-0.2, -0.15) is 0 Å². The lowest BCUT2D eigenvalue weighted by Crippen LogP contribution is -1.99. The van der Waals surface area contributed by atoms with Crippen molar-refractivity contribution in [3.05, 3.63) is 54.1 Å². The van der Waals surface area contributed by atoms with Crippen LogP contribution in [0.15, 0.2) is 48.5 Å². The van der Waals surface area contributed by atoms with Gasteiger partial charge in [-0.1, -0.05) is 19.1 Å². The molecule has 0 radical (unpaired) electrons. The molecule has 0 atom stereocenters. The van der Waals surface area contributed by atoms with Gasteiger partial charge >= 0.3 is 0 Å². The Morgan fingerprint density at radius 1 is 1.00 bits per heavy atom. The fourth-order valence-corrected chi connectivity index (χ4v) is 1.71. The predicted molar refractivity (Wildman–Crippen MR) is 77.7 cm³/mol. The van der Waals surface area contributed by atoms with Gasteiger partial charge in [-0.25, -0.2) is 0 Å². The average Bonchev–Trinajstić information content (AvgIpc) is 2.46. The number of ether oxygens (including phenoxy) is 1. The van der Waals surface area contributed by atoms with Gasteiger partial charge in [0.15, 0.2) is 0 Å². The third-order valence-electron chi connectivity index (χ3n) is 2.76. The molecule has 0 spiro atoms. The summed E-state index contributed by atoms with van der Waals surface area (Å²) in [5, 5.41) is 12.5. The zero-order valence-corrected chi connectivity index (χ0v) is 11.1. The van der Waals surface area contributed by atoms with Gasteiger partial charge in [-0.05, 0) is 48.4 Å². The topological polar surface area (TPSA) is 41.5 Å². The summed E-state index contributed by atoms with van der Waals surface area (Å²) in [4.78, 5) is 0. The van der Waals surface area contributed by atoms with Gasteiger partial charge in [-0.3, -0.25) is 0 Å². The molecule has 0 amide bonds. The van der Waals surface area contributed by atoms with Gasteiger partial charge in [0.1, 0.15) is 11.5 Å². The zero-order chi connectivity index (χ0) is 13.5. The highest BCUT2D eigenvalue weighted by Crippen LogP contribution is 2.17. The van der Waals surface area contributed by atoms with E-state index in [9.17, 15) is 5.11 Å². The molecule has 2 aromatic carbocycles. The molecular weight excluding hydrogens is 238 g/mol. The quantitative estimate of drug-likeness (QED) is 0.827. The van der Waals surface area contributed by atoms with Crippen molar-refractivity contribution in [2.24, 2.45) is 0 Å². The monoisotopic (exact) mass is 257 g/mol. The average molecular weight is 257 g/mol. The van der Waals surface area contributed by atoms with E-state index in [0.29, 0.717) is 5.75 Å². The molecule has 0 aliphatic heterocycles. The van der Waals surface area contributed by atoms with Crippen LogP contribution in [0.1, 0.15) is 18.9 Å². The molecule has 0 heterocycles. The molecule has 2 N–H and O–H groups in total. The first kappa shape index (κ1) is 13.3. The summed E-state index contributed by atoms with van der Waals surface area (Å²) < 4.78 is 5.53. The number of nitrogens with one attached hydrogen (secondary N) is 1. The first-order valence-electron chi connectivity index (χ1n) is 6.52. The van der Waals surface area contributed by atoms with Crippen molar-refractivity contribution in [2.45, 2.75) is 19.9 Å². The summed E-state index contributed by atoms with van der Waals surface area (Å²) in [5.41, 5.74) is 2.18. The Labute approximate surface area is 113 Å². The van der Waals surface area contributed by atoms with Crippen molar-refractivity contribution < 1.29 is 9.84 Å². The molecule has 19 heavy (non-hydrogen) atoms. The Kier molecular flexibility index (Phi) is 4.67. The maximum absolute atomic E-state index is 9.21. The first-order chi connectivity index (χ1) is 9.28. The highest BCUT2D eigenvalue weighted by molar-refractivity contribution is 5.46. The van der Waals surface area contributed by atoms with E-state index in [1.165, 1.54) is 0 Å². The maximum Gasteiger partial charge on any atom is 0.119 e. The molecule has 2 rings (SSSR count). The molecule has 0 bridgehead atoms. The Morgan fingerprint density at radius 3 is 2.32 bits per heavy atom. The summed E-state index contributed by atoms with van der Waals surface area (Å²) in [7, 11) is 0. The molecular formula is C16H19NO2. The summed E-state index contributed by atoms with van der Waals surface area (Å²) in [5.74, 6) is 1.19. The number of anilines is 1. The van der Waals surface area contributed by atoms with Crippen LogP contribution in [0.2, 0.25) is 0 Å². The van der Waals surface area contributed by atoms with Gasteiger partial charge in [0.05, 0.1) is 6.61 Å². The van der Waals surface area contributed by atoms with Crippen LogP contribution in [0.4, 0.5) is 5.69 Å². The molecule has 0 aliphatic carbocycles. The van der Waals surface area contributed by atoms with E-state index in [-0.39, 0.29) is 0 Å². The Balaban J connectivity index is 1.87. The third kappa shape index (κ3) is 4.21. The number of hydrogen-bond donors (Lipinski definition) is 2. The van der Waals surface area contributed by atoms with Gasteiger partial charge < -0.3 is 15.2 Å². The minimum Gasteiger partial charge on any atom is -0.508 e. The van der Waals surface area contributed by atoms with Gasteiger partial charge in [0.25, 0.3) is 0 Å². The fourth-order valence-electron chi connectivity index (χ4n) is 1.71. The van der Waals surface area contributed by atoms with Crippen LogP contribution in [0.25, 0.3) is 0 Å². The second-order valence-electron chi connectivity index (χ2n) is 4.39.